The summed E-state index contributed by atoms with van der Waals surface area (Å²) in [5.41, 5.74) is 0. The molecule has 0 spiro atoms. The van der Waals surface area contributed by atoms with E-state index in [1.54, 1.807) is 0 Å². The molecule has 1 fully saturated rings. The fraction of sp³-hybridized carbons (Fsp3) is 0.910. The minimum atomic E-state index is -1.90. The molecule has 12 heteroatoms. The van der Waals surface area contributed by atoms with Gasteiger partial charge in [0.15, 0.2) is 24.6 Å². The molecule has 79 heavy (non-hydrogen) atoms. The lowest BCUT2D eigenvalue weighted by Crippen LogP contribution is -2.61. The minimum absolute atomic E-state index is 0.0571. The Bertz CT molecular complexity index is 1420. The number of hydrogen-bond donors (Lipinski definition) is 3. The number of rotatable bonds is 59. The summed E-state index contributed by atoms with van der Waals surface area (Å²) in [6.07, 6.45) is 51.7. The third kappa shape index (κ3) is 45.6. The van der Waals surface area contributed by atoms with Crippen LogP contribution < -0.4 is 0 Å². The van der Waals surface area contributed by atoms with Crippen LogP contribution in [0.5, 0.6) is 0 Å². The highest BCUT2D eigenvalue weighted by Crippen LogP contribution is 2.27. The Balaban J connectivity index is 2.62. The van der Waals surface area contributed by atoms with Gasteiger partial charge < -0.3 is 39.0 Å². The number of aliphatic hydroxyl groups excluding tert-OH is 2. The van der Waals surface area contributed by atoms with Crippen LogP contribution in [-0.2, 0) is 42.9 Å². The van der Waals surface area contributed by atoms with E-state index in [4.69, 9.17) is 23.7 Å². The Hall–Kier alpha value is -2.54. The number of carboxylic acid groups (broad SMARTS) is 1. The van der Waals surface area contributed by atoms with Crippen LogP contribution in [0.25, 0.3) is 0 Å². The molecule has 1 rings (SSSR count). The molecule has 12 nitrogen and oxygen atoms in total. The van der Waals surface area contributed by atoms with E-state index in [2.05, 4.69) is 32.9 Å². The van der Waals surface area contributed by atoms with Crippen LogP contribution in [0.1, 0.15) is 342 Å². The van der Waals surface area contributed by atoms with E-state index < -0.39 is 67.3 Å². The van der Waals surface area contributed by atoms with Crippen molar-refractivity contribution in [2.45, 2.75) is 379 Å². The summed E-state index contributed by atoms with van der Waals surface area (Å²) in [7, 11) is 0. The van der Waals surface area contributed by atoms with Gasteiger partial charge in [-0.05, 0) is 44.9 Å². The second-order valence-corrected chi connectivity index (χ2v) is 23.5. The van der Waals surface area contributed by atoms with Crippen molar-refractivity contribution in [2.75, 3.05) is 13.2 Å². The van der Waals surface area contributed by atoms with E-state index in [1.165, 1.54) is 205 Å². The highest BCUT2D eigenvalue weighted by atomic mass is 16.7. The molecular weight excluding hydrogens is 997 g/mol. The van der Waals surface area contributed by atoms with Crippen molar-refractivity contribution in [3.8, 4) is 0 Å². The zero-order valence-corrected chi connectivity index (χ0v) is 51.4. The first-order valence-corrected chi connectivity index (χ1v) is 33.7. The van der Waals surface area contributed by atoms with Crippen LogP contribution >= 0.6 is 0 Å². The summed E-state index contributed by atoms with van der Waals surface area (Å²) in [4.78, 5) is 51.3. The summed E-state index contributed by atoms with van der Waals surface area (Å²) in [6.45, 7) is 6.06. The summed E-state index contributed by atoms with van der Waals surface area (Å²) < 4.78 is 28.6. The molecule has 1 aliphatic rings. The summed E-state index contributed by atoms with van der Waals surface area (Å²) >= 11 is 0. The van der Waals surface area contributed by atoms with E-state index in [-0.39, 0.29) is 25.9 Å². The predicted molar refractivity (Wildman–Crippen MR) is 322 cm³/mol. The van der Waals surface area contributed by atoms with Gasteiger partial charge in [0.1, 0.15) is 18.8 Å². The topological polar surface area (TPSA) is 175 Å². The molecule has 0 aromatic rings. The highest BCUT2D eigenvalue weighted by Gasteiger charge is 2.50. The van der Waals surface area contributed by atoms with Gasteiger partial charge in [-0.3, -0.25) is 14.4 Å². The van der Waals surface area contributed by atoms with E-state index in [0.717, 1.165) is 77.0 Å². The maximum absolute atomic E-state index is 13.2. The van der Waals surface area contributed by atoms with E-state index >= 15 is 0 Å². The molecule has 0 radical (unpaired) electrons. The van der Waals surface area contributed by atoms with Gasteiger partial charge in [-0.25, -0.2) is 4.79 Å². The zero-order valence-electron chi connectivity index (χ0n) is 51.4. The lowest BCUT2D eigenvalue weighted by Gasteiger charge is -2.40. The maximum atomic E-state index is 13.2. The second kappa shape index (κ2) is 56.0. The van der Waals surface area contributed by atoms with Crippen molar-refractivity contribution >= 4 is 23.9 Å². The van der Waals surface area contributed by atoms with Crippen molar-refractivity contribution in [3.63, 3.8) is 0 Å². The van der Waals surface area contributed by atoms with Gasteiger partial charge >= 0.3 is 23.9 Å². The van der Waals surface area contributed by atoms with Crippen molar-refractivity contribution in [1.82, 2.24) is 0 Å². The molecule has 0 aromatic carbocycles. The standard InChI is InChI=1S/C67H124O12/c1-4-7-10-13-16-19-22-25-28-29-30-31-34-35-38-41-44-47-50-53-59(68)75-56-58(77-60(69)54-51-48-45-42-39-36-32-26-23-20-17-14-11-8-5-2)57-76-67-65(63(72)62(71)64(79-67)66(73)74)78-61(70)55-52-49-46-43-40-37-33-27-24-21-18-15-12-9-6-3/h27,33,58,62-65,67,71-72H,4-26,28-32,34-57H2,1-3H3,(H,73,74)/b33-27-. The fourth-order valence-electron chi connectivity index (χ4n) is 10.7. The summed E-state index contributed by atoms with van der Waals surface area (Å²) in [6, 6.07) is 0. The quantitative estimate of drug-likeness (QED) is 0.0228. The number of hydrogen-bond acceptors (Lipinski definition) is 11. The van der Waals surface area contributed by atoms with Crippen LogP contribution in [0.2, 0.25) is 0 Å². The molecule has 6 unspecified atom stereocenters. The van der Waals surface area contributed by atoms with Crippen LogP contribution in [-0.4, -0.2) is 89.2 Å². The number of esters is 3. The van der Waals surface area contributed by atoms with Crippen molar-refractivity contribution in [2.24, 2.45) is 0 Å². The van der Waals surface area contributed by atoms with Crippen molar-refractivity contribution in [3.05, 3.63) is 12.2 Å². The third-order valence-electron chi connectivity index (χ3n) is 15.8. The van der Waals surface area contributed by atoms with Gasteiger partial charge in [0.25, 0.3) is 0 Å². The average Bonchev–Trinajstić information content (AvgIpc) is 3.44. The molecule has 1 saturated heterocycles. The number of unbranched alkanes of at least 4 members (excludes halogenated alkanes) is 43. The molecule has 1 heterocycles. The Morgan fingerprint density at radius 1 is 0.405 bits per heavy atom. The number of allylic oxidation sites excluding steroid dienone is 2. The van der Waals surface area contributed by atoms with Crippen LogP contribution in [0.3, 0.4) is 0 Å². The predicted octanol–water partition coefficient (Wildman–Crippen LogP) is 18.0. The van der Waals surface area contributed by atoms with E-state index in [1.807, 2.05) is 0 Å². The average molecular weight is 1120 g/mol. The van der Waals surface area contributed by atoms with E-state index in [9.17, 15) is 34.5 Å². The van der Waals surface area contributed by atoms with Crippen LogP contribution in [0, 0.1) is 0 Å². The molecule has 3 N–H and O–H groups in total. The summed E-state index contributed by atoms with van der Waals surface area (Å²) in [5, 5.41) is 31.6. The van der Waals surface area contributed by atoms with Gasteiger partial charge in [-0.15, -0.1) is 0 Å². The number of carbonyl (C=O) groups is 4. The first-order chi connectivity index (χ1) is 38.6. The van der Waals surface area contributed by atoms with Crippen LogP contribution in [0.4, 0.5) is 0 Å². The molecule has 464 valence electrons. The number of ether oxygens (including phenoxy) is 5. The number of carbonyl (C=O) groups excluding carboxylic acids is 3. The van der Waals surface area contributed by atoms with Gasteiger partial charge in [0.2, 0.25) is 0 Å². The molecule has 0 aliphatic carbocycles. The Labute approximate surface area is 484 Å². The van der Waals surface area contributed by atoms with Gasteiger partial charge in [-0.1, -0.05) is 290 Å². The first kappa shape index (κ1) is 74.5. The molecular formula is C67H124O12. The van der Waals surface area contributed by atoms with Crippen molar-refractivity contribution in [1.29, 1.82) is 0 Å². The molecule has 0 saturated carbocycles. The molecule has 0 amide bonds. The van der Waals surface area contributed by atoms with E-state index in [0.29, 0.717) is 19.3 Å². The number of aliphatic hydroxyl groups is 2. The molecule has 0 bridgehead atoms. The second-order valence-electron chi connectivity index (χ2n) is 23.5. The van der Waals surface area contributed by atoms with Crippen molar-refractivity contribution < 1.29 is 58.2 Å². The van der Waals surface area contributed by atoms with Crippen LogP contribution in [0.15, 0.2) is 12.2 Å². The largest absolute Gasteiger partial charge is 0.479 e. The number of aliphatic carboxylic acids is 1. The Kier molecular flexibility index (Phi) is 52.8. The SMILES string of the molecule is CCCCCCCC/C=C\CCCCCCCC(=O)OC1C(OCC(COC(=O)CCCCCCCCCCCCCCCCCCCCC)OC(=O)CCCCCCCCCCCCCCCCC)OC(C(=O)O)C(O)C1O. The number of carboxylic acids is 1. The normalized spacial score (nSPS) is 17.8. The van der Waals surface area contributed by atoms with Gasteiger partial charge in [0.05, 0.1) is 6.61 Å². The monoisotopic (exact) mass is 1120 g/mol. The lowest BCUT2D eigenvalue weighted by atomic mass is 9.98. The molecule has 0 aromatic heterocycles. The summed E-state index contributed by atoms with van der Waals surface area (Å²) in [5.74, 6) is -3.08. The van der Waals surface area contributed by atoms with Gasteiger partial charge in [0, 0.05) is 19.3 Å². The van der Waals surface area contributed by atoms with Gasteiger partial charge in [-0.2, -0.15) is 0 Å². The Morgan fingerprint density at radius 2 is 0.722 bits per heavy atom. The highest BCUT2D eigenvalue weighted by molar-refractivity contribution is 5.74. The minimum Gasteiger partial charge on any atom is -0.479 e. The molecule has 6 atom stereocenters. The Morgan fingerprint density at radius 3 is 1.08 bits per heavy atom. The lowest BCUT2D eigenvalue weighted by molar-refractivity contribution is -0.301. The first-order valence-electron chi connectivity index (χ1n) is 33.7. The fourth-order valence-corrected chi connectivity index (χ4v) is 10.7. The zero-order chi connectivity index (χ0) is 57.5. The third-order valence-corrected chi connectivity index (χ3v) is 15.8. The molecule has 1 aliphatic heterocycles. The smallest absolute Gasteiger partial charge is 0.335 e. The maximum Gasteiger partial charge on any atom is 0.335 e.